The summed E-state index contributed by atoms with van der Waals surface area (Å²) in [5.74, 6) is -0.925. The normalized spacial score (nSPS) is 13.1. The summed E-state index contributed by atoms with van der Waals surface area (Å²) >= 11 is 1.43. The second-order valence-corrected chi connectivity index (χ2v) is 7.66. The molecular formula is C18H22N4O5S. The molecule has 10 heteroatoms. The van der Waals surface area contributed by atoms with Gasteiger partial charge in [0.15, 0.2) is 0 Å². The fourth-order valence-electron chi connectivity index (χ4n) is 3.28. The molecule has 0 saturated carbocycles. The van der Waals surface area contributed by atoms with Crippen molar-refractivity contribution in [1.82, 2.24) is 9.78 Å². The molecule has 0 radical (unpaired) electrons. The van der Waals surface area contributed by atoms with Crippen molar-refractivity contribution in [3.8, 4) is 0 Å². The van der Waals surface area contributed by atoms with Crippen LogP contribution >= 0.6 is 11.3 Å². The van der Waals surface area contributed by atoms with E-state index in [0.717, 1.165) is 36.1 Å². The minimum Gasteiger partial charge on any atom is -0.462 e. The van der Waals surface area contributed by atoms with Crippen LogP contribution in [0.4, 0.5) is 10.8 Å². The van der Waals surface area contributed by atoms with Crippen LogP contribution in [-0.2, 0) is 28.9 Å². The molecule has 0 spiro atoms. The predicted molar refractivity (Wildman–Crippen MR) is 104 cm³/mol. The molecule has 0 saturated heterocycles. The van der Waals surface area contributed by atoms with E-state index in [9.17, 15) is 19.7 Å². The molecule has 1 aliphatic carbocycles. The summed E-state index contributed by atoms with van der Waals surface area (Å²) in [4.78, 5) is 36.2. The largest absolute Gasteiger partial charge is 0.462 e. The lowest BCUT2D eigenvalue weighted by molar-refractivity contribution is -0.389. The number of hydrogen-bond donors (Lipinski definition) is 1. The molecule has 0 fully saturated rings. The molecular weight excluding hydrogens is 384 g/mol. The molecule has 0 aliphatic heterocycles. The molecule has 3 rings (SSSR count). The summed E-state index contributed by atoms with van der Waals surface area (Å²) in [7, 11) is 0. The summed E-state index contributed by atoms with van der Waals surface area (Å²) in [6.45, 7) is 3.93. The summed E-state index contributed by atoms with van der Waals surface area (Å²) in [6, 6.07) is 1.37. The third-order valence-electron chi connectivity index (χ3n) is 4.61. The quantitative estimate of drug-likeness (QED) is 0.429. The number of amides is 1. The topological polar surface area (TPSA) is 116 Å². The molecule has 2 heterocycles. The molecule has 1 aliphatic rings. The van der Waals surface area contributed by atoms with Gasteiger partial charge in [-0.15, -0.1) is 11.3 Å². The van der Waals surface area contributed by atoms with Gasteiger partial charge in [-0.05, 0) is 50.0 Å². The van der Waals surface area contributed by atoms with Crippen molar-refractivity contribution < 1.29 is 19.2 Å². The first kappa shape index (κ1) is 20.0. The number of fused-ring (bicyclic) bond motifs is 1. The number of carbonyl (C=O) groups excluding carboxylic acids is 2. The van der Waals surface area contributed by atoms with Crippen LogP contribution in [0.2, 0.25) is 0 Å². The van der Waals surface area contributed by atoms with Crippen molar-refractivity contribution in [2.75, 3.05) is 11.9 Å². The van der Waals surface area contributed by atoms with Gasteiger partial charge in [0.25, 0.3) is 0 Å². The van der Waals surface area contributed by atoms with Crippen molar-refractivity contribution in [1.29, 1.82) is 0 Å². The van der Waals surface area contributed by atoms with Crippen LogP contribution in [0.25, 0.3) is 0 Å². The Hall–Kier alpha value is -2.75. The molecule has 9 nitrogen and oxygen atoms in total. The van der Waals surface area contributed by atoms with E-state index >= 15 is 0 Å². The van der Waals surface area contributed by atoms with Gasteiger partial charge in [0.1, 0.15) is 5.00 Å². The molecule has 0 atom stereocenters. The van der Waals surface area contributed by atoms with Gasteiger partial charge in [-0.3, -0.25) is 4.79 Å². The fraction of sp³-hybridized carbons (Fsp3) is 0.500. The smallest absolute Gasteiger partial charge is 0.390 e. The Morgan fingerprint density at radius 3 is 2.82 bits per heavy atom. The maximum atomic E-state index is 12.5. The number of nitrogens with zero attached hydrogens (tertiary/aromatic N) is 3. The number of anilines is 1. The van der Waals surface area contributed by atoms with Crippen LogP contribution in [0.1, 0.15) is 52.7 Å². The highest BCUT2D eigenvalue weighted by atomic mass is 32.1. The van der Waals surface area contributed by atoms with Crippen molar-refractivity contribution in [3.63, 3.8) is 0 Å². The number of esters is 1. The van der Waals surface area contributed by atoms with Crippen LogP contribution in [0.5, 0.6) is 0 Å². The zero-order valence-electron chi connectivity index (χ0n) is 15.8. The van der Waals surface area contributed by atoms with E-state index in [2.05, 4.69) is 10.4 Å². The maximum Gasteiger partial charge on any atom is 0.390 e. The minimum absolute atomic E-state index is 0.0878. The van der Waals surface area contributed by atoms with Gasteiger partial charge in [-0.2, -0.15) is 4.68 Å². The molecule has 28 heavy (non-hydrogen) atoms. The highest BCUT2D eigenvalue weighted by molar-refractivity contribution is 7.17. The molecule has 1 N–H and O–H groups in total. The SMILES string of the molecule is CCOC(=O)c1c(NC(=O)CCn2nc([N+](=O)[O-])cc2C)sc2c1CCCC2. The van der Waals surface area contributed by atoms with Crippen molar-refractivity contribution in [2.45, 2.75) is 52.5 Å². The Morgan fingerprint density at radius 2 is 2.14 bits per heavy atom. The lowest BCUT2D eigenvalue weighted by atomic mass is 9.95. The number of nitro groups is 1. The maximum absolute atomic E-state index is 12.5. The number of ether oxygens (including phenoxy) is 1. The van der Waals surface area contributed by atoms with E-state index < -0.39 is 10.9 Å². The van der Waals surface area contributed by atoms with Crippen molar-refractivity contribution in [3.05, 3.63) is 37.9 Å². The van der Waals surface area contributed by atoms with Crippen molar-refractivity contribution in [2.24, 2.45) is 0 Å². The van der Waals surface area contributed by atoms with Gasteiger partial charge in [0, 0.05) is 11.3 Å². The van der Waals surface area contributed by atoms with Gasteiger partial charge >= 0.3 is 11.8 Å². The Bertz CT molecular complexity index is 917. The zero-order valence-corrected chi connectivity index (χ0v) is 16.6. The van der Waals surface area contributed by atoms with Gasteiger partial charge in [0.05, 0.1) is 35.6 Å². The van der Waals surface area contributed by atoms with E-state index in [1.807, 2.05) is 0 Å². The Morgan fingerprint density at radius 1 is 1.39 bits per heavy atom. The summed E-state index contributed by atoms with van der Waals surface area (Å²) in [6.07, 6.45) is 3.89. The Balaban J connectivity index is 1.72. The second-order valence-electron chi connectivity index (χ2n) is 6.56. The van der Waals surface area contributed by atoms with Gasteiger partial charge in [-0.25, -0.2) is 4.79 Å². The molecule has 0 unspecified atom stereocenters. The number of rotatable bonds is 7. The van der Waals surface area contributed by atoms with Crippen LogP contribution in [0.15, 0.2) is 6.07 Å². The Kier molecular flexibility index (Phi) is 6.08. The molecule has 2 aromatic rings. The summed E-state index contributed by atoms with van der Waals surface area (Å²) in [5, 5.41) is 18.0. The Labute approximate surface area is 165 Å². The zero-order chi connectivity index (χ0) is 20.3. The average molecular weight is 406 g/mol. The lowest BCUT2D eigenvalue weighted by Gasteiger charge is -2.12. The number of aromatic nitrogens is 2. The van der Waals surface area contributed by atoms with E-state index in [1.54, 1.807) is 13.8 Å². The summed E-state index contributed by atoms with van der Waals surface area (Å²) in [5.41, 5.74) is 2.07. The highest BCUT2D eigenvalue weighted by Crippen LogP contribution is 2.38. The third kappa shape index (κ3) is 4.22. The van der Waals surface area contributed by atoms with E-state index in [-0.39, 0.29) is 31.3 Å². The van der Waals surface area contributed by atoms with Gasteiger partial charge in [0.2, 0.25) is 5.91 Å². The molecule has 0 aromatic carbocycles. The average Bonchev–Trinajstić information content (AvgIpc) is 3.20. The fourth-order valence-corrected chi connectivity index (χ4v) is 4.57. The molecule has 1 amide bonds. The standard InChI is InChI=1S/C18H22N4O5S/c1-3-27-18(24)16-12-6-4-5-7-13(12)28-17(16)19-15(23)8-9-21-11(2)10-14(20-21)22(25)26/h10H,3-9H2,1-2H3,(H,19,23). The molecule has 0 bridgehead atoms. The first-order valence-corrected chi connectivity index (χ1v) is 10.0. The predicted octanol–water partition coefficient (Wildman–Crippen LogP) is 3.25. The minimum atomic E-state index is -0.564. The lowest BCUT2D eigenvalue weighted by Crippen LogP contribution is -2.17. The number of nitrogens with one attached hydrogen (secondary N) is 1. The number of aryl methyl sites for hydroxylation is 3. The monoisotopic (exact) mass is 406 g/mol. The van der Waals surface area contributed by atoms with Crippen LogP contribution in [0.3, 0.4) is 0 Å². The van der Waals surface area contributed by atoms with Crippen LogP contribution in [-0.4, -0.2) is 33.2 Å². The van der Waals surface area contributed by atoms with Crippen LogP contribution in [0, 0.1) is 17.0 Å². The molecule has 2 aromatic heterocycles. The van der Waals surface area contributed by atoms with E-state index in [1.165, 1.54) is 22.1 Å². The first-order valence-electron chi connectivity index (χ1n) is 9.21. The summed E-state index contributed by atoms with van der Waals surface area (Å²) < 4.78 is 6.62. The van der Waals surface area contributed by atoms with Crippen LogP contribution < -0.4 is 5.32 Å². The number of thiophene rings is 1. The van der Waals surface area contributed by atoms with Crippen molar-refractivity contribution >= 4 is 34.0 Å². The third-order valence-corrected chi connectivity index (χ3v) is 5.82. The van der Waals surface area contributed by atoms with E-state index in [0.29, 0.717) is 16.3 Å². The number of carbonyl (C=O) groups is 2. The van der Waals surface area contributed by atoms with Gasteiger partial charge in [-0.1, -0.05) is 0 Å². The highest BCUT2D eigenvalue weighted by Gasteiger charge is 2.27. The molecule has 150 valence electrons. The number of hydrogen-bond acceptors (Lipinski definition) is 7. The first-order chi connectivity index (χ1) is 13.4. The van der Waals surface area contributed by atoms with E-state index in [4.69, 9.17) is 4.74 Å². The van der Waals surface area contributed by atoms with Gasteiger partial charge < -0.3 is 20.2 Å². The second kappa shape index (κ2) is 8.51.